The molecule has 1 atom stereocenters. The van der Waals surface area contributed by atoms with Crippen LogP contribution >= 0.6 is 11.3 Å². The molecule has 1 unspecified atom stereocenters. The lowest BCUT2D eigenvalue weighted by Crippen LogP contribution is -2.30. The Balaban J connectivity index is 1.89. The van der Waals surface area contributed by atoms with Gasteiger partial charge in [-0.2, -0.15) is 0 Å². The Morgan fingerprint density at radius 1 is 1.17 bits per heavy atom. The fourth-order valence-corrected chi connectivity index (χ4v) is 4.53. The van der Waals surface area contributed by atoms with Crippen molar-refractivity contribution >= 4 is 33.3 Å². The maximum atomic E-state index is 12.3. The summed E-state index contributed by atoms with van der Waals surface area (Å²) in [4.78, 5) is 32.3. The van der Waals surface area contributed by atoms with E-state index < -0.39 is 0 Å². The lowest BCUT2D eigenvalue weighted by atomic mass is 10.0. The lowest BCUT2D eigenvalue weighted by molar-refractivity contribution is -0.133. The van der Waals surface area contributed by atoms with Gasteiger partial charge in [0.15, 0.2) is 0 Å². The molecular formula is C21H28N6OS. The quantitative estimate of drug-likeness (QED) is 0.632. The van der Waals surface area contributed by atoms with Crippen molar-refractivity contribution in [3.63, 3.8) is 0 Å². The lowest BCUT2D eigenvalue weighted by Gasteiger charge is -2.20. The maximum absolute atomic E-state index is 12.3. The van der Waals surface area contributed by atoms with Crippen LogP contribution in [0.1, 0.15) is 37.0 Å². The molecule has 3 rings (SSSR count). The van der Waals surface area contributed by atoms with E-state index in [0.717, 1.165) is 50.8 Å². The van der Waals surface area contributed by atoms with E-state index in [9.17, 15) is 4.79 Å². The molecule has 1 amide bonds. The van der Waals surface area contributed by atoms with Crippen LogP contribution < -0.4 is 5.32 Å². The molecule has 8 heteroatoms. The van der Waals surface area contributed by atoms with Crippen LogP contribution in [0.4, 0.5) is 5.82 Å². The molecule has 0 aliphatic rings. The zero-order chi connectivity index (χ0) is 21.1. The molecule has 7 nitrogen and oxygen atoms in total. The number of nitrogens with one attached hydrogen (secondary N) is 1. The number of carbonyl (C=O) groups excluding carboxylic acids is 1. The number of rotatable bonds is 7. The molecule has 0 bridgehead atoms. The number of thiazole rings is 1. The van der Waals surface area contributed by atoms with Gasteiger partial charge in [-0.1, -0.05) is 6.92 Å². The summed E-state index contributed by atoms with van der Waals surface area (Å²) in [5.41, 5.74) is 3.64. The van der Waals surface area contributed by atoms with Gasteiger partial charge in [0.1, 0.15) is 22.2 Å². The molecule has 1 N–H and O–H groups in total. The smallest absolute Gasteiger partial charge is 0.225 e. The second-order valence-electron chi connectivity index (χ2n) is 7.40. The molecule has 29 heavy (non-hydrogen) atoms. The highest BCUT2D eigenvalue weighted by Crippen LogP contribution is 2.36. The first-order valence-electron chi connectivity index (χ1n) is 9.84. The van der Waals surface area contributed by atoms with Crippen LogP contribution in [0.2, 0.25) is 0 Å². The van der Waals surface area contributed by atoms with Gasteiger partial charge in [0, 0.05) is 32.8 Å². The van der Waals surface area contributed by atoms with Gasteiger partial charge in [-0.05, 0) is 39.7 Å². The third kappa shape index (κ3) is 4.53. The molecule has 0 aliphatic carbocycles. The third-order valence-electron chi connectivity index (χ3n) is 4.97. The Morgan fingerprint density at radius 3 is 2.59 bits per heavy atom. The number of nitrogens with zero attached hydrogens (tertiary/aromatic N) is 5. The van der Waals surface area contributed by atoms with Crippen molar-refractivity contribution in [3.05, 3.63) is 29.5 Å². The van der Waals surface area contributed by atoms with E-state index in [1.54, 1.807) is 30.3 Å². The highest BCUT2D eigenvalue weighted by Gasteiger charge is 2.20. The summed E-state index contributed by atoms with van der Waals surface area (Å²) in [7, 11) is 3.61. The minimum Gasteiger partial charge on any atom is -0.369 e. The summed E-state index contributed by atoms with van der Waals surface area (Å²) < 4.78 is 1.10. The second-order valence-corrected chi connectivity index (χ2v) is 8.43. The number of amides is 1. The first-order chi connectivity index (χ1) is 13.8. The molecule has 154 valence electrons. The zero-order valence-corrected chi connectivity index (χ0v) is 18.7. The van der Waals surface area contributed by atoms with Gasteiger partial charge in [-0.15, -0.1) is 11.3 Å². The molecule has 0 spiro atoms. The molecule has 0 aliphatic heterocycles. The number of hydrogen-bond donors (Lipinski definition) is 1. The molecule has 0 radical (unpaired) electrons. The molecule has 3 aromatic heterocycles. The van der Waals surface area contributed by atoms with Gasteiger partial charge in [-0.25, -0.2) is 15.0 Å². The van der Waals surface area contributed by atoms with Gasteiger partial charge in [0.05, 0.1) is 21.7 Å². The van der Waals surface area contributed by atoms with Crippen LogP contribution in [0, 0.1) is 26.7 Å². The summed E-state index contributed by atoms with van der Waals surface area (Å²) in [5, 5.41) is 4.32. The largest absolute Gasteiger partial charge is 0.369 e. The molecule has 0 saturated carbocycles. The summed E-state index contributed by atoms with van der Waals surface area (Å²) in [5.74, 6) is 1.65. The van der Waals surface area contributed by atoms with Crippen molar-refractivity contribution in [1.82, 2.24) is 24.8 Å². The SMILES string of the molecule is CCC(CCNc1nc(C)nc(C)c1-c1nc2c(C)nccc2s1)C(=O)N(C)C. The van der Waals surface area contributed by atoms with Crippen molar-refractivity contribution in [2.45, 2.75) is 40.5 Å². The molecule has 0 fully saturated rings. The summed E-state index contributed by atoms with van der Waals surface area (Å²) >= 11 is 1.62. The van der Waals surface area contributed by atoms with Gasteiger partial charge < -0.3 is 10.2 Å². The summed E-state index contributed by atoms with van der Waals surface area (Å²) in [6.07, 6.45) is 3.37. The highest BCUT2D eigenvalue weighted by atomic mass is 32.1. The fourth-order valence-electron chi connectivity index (χ4n) is 3.42. The van der Waals surface area contributed by atoms with E-state index in [2.05, 4.69) is 20.3 Å². The van der Waals surface area contributed by atoms with Crippen LogP contribution in [-0.4, -0.2) is 51.4 Å². The van der Waals surface area contributed by atoms with Crippen molar-refractivity contribution in [3.8, 4) is 10.6 Å². The number of anilines is 1. The van der Waals surface area contributed by atoms with E-state index in [0.29, 0.717) is 12.4 Å². The maximum Gasteiger partial charge on any atom is 0.225 e. The molecule has 0 saturated heterocycles. The average molecular weight is 413 g/mol. The Morgan fingerprint density at radius 2 is 1.93 bits per heavy atom. The Labute approximate surface area is 175 Å². The van der Waals surface area contributed by atoms with E-state index >= 15 is 0 Å². The van der Waals surface area contributed by atoms with Gasteiger partial charge in [0.25, 0.3) is 0 Å². The minimum atomic E-state index is 0.00107. The van der Waals surface area contributed by atoms with Crippen molar-refractivity contribution in [1.29, 1.82) is 0 Å². The van der Waals surface area contributed by atoms with Crippen LogP contribution in [0.15, 0.2) is 12.3 Å². The first-order valence-corrected chi connectivity index (χ1v) is 10.7. The molecule has 3 heterocycles. The fraction of sp³-hybridized carbons (Fsp3) is 0.476. The van der Waals surface area contributed by atoms with E-state index in [1.165, 1.54) is 0 Å². The van der Waals surface area contributed by atoms with Crippen molar-refractivity contribution < 1.29 is 4.79 Å². The highest BCUT2D eigenvalue weighted by molar-refractivity contribution is 7.21. The summed E-state index contributed by atoms with van der Waals surface area (Å²) in [6, 6.07) is 1.99. The second kappa shape index (κ2) is 8.82. The van der Waals surface area contributed by atoms with Crippen LogP contribution in [-0.2, 0) is 4.79 Å². The zero-order valence-electron chi connectivity index (χ0n) is 17.9. The predicted molar refractivity (Wildman–Crippen MR) is 118 cm³/mol. The molecule has 0 aromatic carbocycles. The number of hydrogen-bond acceptors (Lipinski definition) is 7. The van der Waals surface area contributed by atoms with Crippen molar-refractivity contribution in [2.24, 2.45) is 5.92 Å². The van der Waals surface area contributed by atoms with Crippen LogP contribution in [0.5, 0.6) is 0 Å². The number of aryl methyl sites for hydroxylation is 3. The monoisotopic (exact) mass is 412 g/mol. The van der Waals surface area contributed by atoms with E-state index in [1.807, 2.05) is 40.0 Å². The van der Waals surface area contributed by atoms with Crippen LogP contribution in [0.25, 0.3) is 20.8 Å². The number of fused-ring (bicyclic) bond motifs is 1. The third-order valence-corrected chi connectivity index (χ3v) is 6.01. The van der Waals surface area contributed by atoms with Crippen LogP contribution in [0.3, 0.4) is 0 Å². The summed E-state index contributed by atoms with van der Waals surface area (Å²) in [6.45, 7) is 8.55. The standard InChI is InChI=1S/C21H28N6OS/c1-7-15(21(28)27(5)6)8-10-23-19-17(12(2)24-14(4)25-19)20-26-18-13(3)22-11-9-16(18)29-20/h9,11,15H,7-8,10H2,1-6H3,(H,23,24,25). The molecular weight excluding hydrogens is 384 g/mol. The normalized spacial score (nSPS) is 12.2. The van der Waals surface area contributed by atoms with E-state index in [-0.39, 0.29) is 11.8 Å². The van der Waals surface area contributed by atoms with Gasteiger partial charge in [-0.3, -0.25) is 9.78 Å². The topological polar surface area (TPSA) is 83.9 Å². The minimum absolute atomic E-state index is 0.00107. The molecule has 3 aromatic rings. The Kier molecular flexibility index (Phi) is 6.42. The van der Waals surface area contributed by atoms with Gasteiger partial charge >= 0.3 is 0 Å². The average Bonchev–Trinajstić information content (AvgIpc) is 3.09. The predicted octanol–water partition coefficient (Wildman–Crippen LogP) is 3.99. The first kappa shape index (κ1) is 21.1. The number of aromatic nitrogens is 4. The van der Waals surface area contributed by atoms with Gasteiger partial charge in [0.2, 0.25) is 5.91 Å². The number of pyridine rings is 1. The van der Waals surface area contributed by atoms with Crippen molar-refractivity contribution in [2.75, 3.05) is 26.0 Å². The van der Waals surface area contributed by atoms with E-state index in [4.69, 9.17) is 4.98 Å². The Hall–Kier alpha value is -2.61. The Bertz CT molecular complexity index is 1030. The number of carbonyl (C=O) groups is 1.